The monoisotopic (exact) mass is 682 g/mol. The second-order valence-corrected chi connectivity index (χ2v) is 12.9. The lowest BCUT2D eigenvalue weighted by Gasteiger charge is -2.35. The van der Waals surface area contributed by atoms with Gasteiger partial charge in [-0.2, -0.15) is 0 Å². The number of unbranched alkanes of at least 4 members (excludes halogenated alkanes) is 1. The Hall–Kier alpha value is -5.01. The number of rotatable bonds is 12. The average molecular weight is 683 g/mol. The predicted octanol–water partition coefficient (Wildman–Crippen LogP) is 3.88. The van der Waals surface area contributed by atoms with E-state index < -0.39 is 5.97 Å². The number of piperazine rings is 1. The van der Waals surface area contributed by atoms with Gasteiger partial charge in [0.05, 0.1) is 18.5 Å². The highest BCUT2D eigenvalue weighted by Gasteiger charge is 2.31. The van der Waals surface area contributed by atoms with E-state index >= 15 is 0 Å². The van der Waals surface area contributed by atoms with Crippen molar-refractivity contribution in [1.29, 1.82) is 0 Å². The molecule has 0 aromatic carbocycles. The number of carbonyl (C=O) groups excluding carboxylic acids is 2. The zero-order valence-corrected chi connectivity index (χ0v) is 29.3. The van der Waals surface area contributed by atoms with E-state index in [2.05, 4.69) is 43.5 Å². The van der Waals surface area contributed by atoms with Gasteiger partial charge in [0, 0.05) is 89.0 Å². The third kappa shape index (κ3) is 7.29. The molecule has 0 spiro atoms. The van der Waals surface area contributed by atoms with Gasteiger partial charge in [-0.1, -0.05) is 13.3 Å². The normalized spacial score (nSPS) is 14.9. The van der Waals surface area contributed by atoms with Crippen LogP contribution in [0.4, 0.5) is 23.0 Å². The lowest BCUT2D eigenvalue weighted by atomic mass is 10.0. The molecule has 4 aromatic heterocycles. The number of hydrogen-bond donors (Lipinski definition) is 2. The molecule has 0 radical (unpaired) electrons. The highest BCUT2D eigenvalue weighted by atomic mass is 16.5. The molecule has 1 amide bonds. The Morgan fingerprint density at radius 3 is 2.54 bits per heavy atom. The van der Waals surface area contributed by atoms with E-state index in [0.717, 1.165) is 56.8 Å². The quantitative estimate of drug-likeness (QED) is 0.212. The van der Waals surface area contributed by atoms with Crippen LogP contribution in [-0.2, 0) is 36.2 Å². The Kier molecular flexibility index (Phi) is 10.6. The number of aromatic nitrogens is 4. The van der Waals surface area contributed by atoms with Crippen molar-refractivity contribution in [2.24, 2.45) is 7.05 Å². The molecule has 6 heterocycles. The van der Waals surface area contributed by atoms with Crippen molar-refractivity contribution in [2.75, 3.05) is 61.0 Å². The maximum Gasteiger partial charge on any atom is 0.302 e. The number of nitrogens with zero attached hydrogens (tertiary/aromatic N) is 7. The standard InChI is InChI=1S/C37H46N8O5/c1-5-6-7-27-21-33-37(49)45(17-16-44(33)25(27)2)35-31(24-50-26(3)47)30(10-11-38-35)28-20-32(36(48)41(4)23-28)40-34-9-8-29(22-39-34)43-14-12-42(13-15-43)18-19-46/h8-11,20-23,46H,5-7,12-19,24H2,1-4H3,(H,39,40). The van der Waals surface area contributed by atoms with Gasteiger partial charge in [-0.15, -0.1) is 0 Å². The number of amides is 1. The fourth-order valence-electron chi connectivity index (χ4n) is 6.83. The Bertz CT molecular complexity index is 1910. The van der Waals surface area contributed by atoms with Crippen LogP contribution >= 0.6 is 0 Å². The minimum atomic E-state index is -0.454. The summed E-state index contributed by atoms with van der Waals surface area (Å²) in [6.45, 7) is 10.8. The first kappa shape index (κ1) is 34.8. The molecule has 0 unspecified atom stereocenters. The summed E-state index contributed by atoms with van der Waals surface area (Å²) in [5.74, 6) is 0.338. The minimum absolute atomic E-state index is 0.0950. The summed E-state index contributed by atoms with van der Waals surface area (Å²) >= 11 is 0. The van der Waals surface area contributed by atoms with Gasteiger partial charge in [0.15, 0.2) is 0 Å². The summed E-state index contributed by atoms with van der Waals surface area (Å²) in [5, 5.41) is 12.4. The summed E-state index contributed by atoms with van der Waals surface area (Å²) in [4.78, 5) is 54.8. The lowest BCUT2D eigenvalue weighted by Crippen LogP contribution is -2.47. The summed E-state index contributed by atoms with van der Waals surface area (Å²) in [5.41, 5.74) is 5.95. The minimum Gasteiger partial charge on any atom is -0.461 e. The molecule has 4 aromatic rings. The first-order chi connectivity index (χ1) is 24.2. The van der Waals surface area contributed by atoms with Crippen LogP contribution in [0.15, 0.2) is 53.7 Å². The second kappa shape index (κ2) is 15.3. The summed E-state index contributed by atoms with van der Waals surface area (Å²) < 4.78 is 9.10. The van der Waals surface area contributed by atoms with E-state index in [1.165, 1.54) is 17.1 Å². The number of pyridine rings is 3. The Morgan fingerprint density at radius 1 is 1.04 bits per heavy atom. The number of carbonyl (C=O) groups is 2. The smallest absolute Gasteiger partial charge is 0.302 e. The number of fused-ring (bicyclic) bond motifs is 1. The van der Waals surface area contributed by atoms with Gasteiger partial charge in [-0.05, 0) is 61.2 Å². The Morgan fingerprint density at radius 2 is 1.84 bits per heavy atom. The summed E-state index contributed by atoms with van der Waals surface area (Å²) in [7, 11) is 1.68. The van der Waals surface area contributed by atoms with Crippen LogP contribution in [-0.4, -0.2) is 86.9 Å². The third-order valence-corrected chi connectivity index (χ3v) is 9.65. The lowest BCUT2D eigenvalue weighted by molar-refractivity contribution is -0.142. The van der Waals surface area contributed by atoms with E-state index in [1.54, 1.807) is 36.6 Å². The van der Waals surface area contributed by atoms with Gasteiger partial charge in [0.25, 0.3) is 11.5 Å². The molecule has 0 atom stereocenters. The summed E-state index contributed by atoms with van der Waals surface area (Å²) in [6, 6.07) is 9.40. The number of anilines is 4. The van der Waals surface area contributed by atoms with Crippen LogP contribution in [0.2, 0.25) is 0 Å². The summed E-state index contributed by atoms with van der Waals surface area (Å²) in [6.07, 6.45) is 8.22. The van der Waals surface area contributed by atoms with Crippen LogP contribution in [0.3, 0.4) is 0 Å². The van der Waals surface area contributed by atoms with Crippen molar-refractivity contribution < 1.29 is 19.4 Å². The molecule has 0 aliphatic carbocycles. The number of aryl methyl sites for hydroxylation is 2. The maximum atomic E-state index is 14.0. The second-order valence-electron chi connectivity index (χ2n) is 12.9. The first-order valence-electron chi connectivity index (χ1n) is 17.3. The SMILES string of the molecule is CCCCc1cc2n(c1C)CCN(c1nccc(-c3cc(Nc4ccc(N5CCN(CCO)CC5)cn4)c(=O)n(C)c3)c1COC(C)=O)C2=O. The zero-order chi connectivity index (χ0) is 35.4. The van der Waals surface area contributed by atoms with Crippen LogP contribution in [0.25, 0.3) is 11.1 Å². The Balaban J connectivity index is 1.29. The van der Waals surface area contributed by atoms with Crippen molar-refractivity contribution in [3.05, 3.63) is 81.8 Å². The van der Waals surface area contributed by atoms with E-state index in [-0.39, 0.29) is 24.7 Å². The molecule has 1 saturated heterocycles. The molecule has 2 N–H and O–H groups in total. The maximum absolute atomic E-state index is 14.0. The molecule has 264 valence electrons. The van der Waals surface area contributed by atoms with Crippen LogP contribution < -0.4 is 20.7 Å². The van der Waals surface area contributed by atoms with Gasteiger partial charge in [0.1, 0.15) is 29.6 Å². The van der Waals surface area contributed by atoms with Crippen LogP contribution in [0, 0.1) is 6.92 Å². The molecule has 0 saturated carbocycles. The molecular weight excluding hydrogens is 636 g/mol. The number of aliphatic hydroxyl groups excluding tert-OH is 1. The van der Waals surface area contributed by atoms with Gasteiger partial charge >= 0.3 is 5.97 Å². The van der Waals surface area contributed by atoms with Crippen molar-refractivity contribution >= 4 is 34.9 Å². The van der Waals surface area contributed by atoms with E-state index in [9.17, 15) is 19.5 Å². The molecular formula is C37H46N8O5. The van der Waals surface area contributed by atoms with Crippen molar-refractivity contribution in [1.82, 2.24) is 24.0 Å². The van der Waals surface area contributed by atoms with Crippen molar-refractivity contribution in [3.63, 3.8) is 0 Å². The largest absolute Gasteiger partial charge is 0.461 e. The third-order valence-electron chi connectivity index (χ3n) is 9.65. The fourth-order valence-corrected chi connectivity index (χ4v) is 6.83. The van der Waals surface area contributed by atoms with E-state index in [4.69, 9.17) is 4.74 Å². The van der Waals surface area contributed by atoms with Crippen molar-refractivity contribution in [2.45, 2.75) is 53.2 Å². The number of hydrogen-bond acceptors (Lipinski definition) is 10. The zero-order valence-electron chi connectivity index (χ0n) is 29.3. The highest BCUT2D eigenvalue weighted by molar-refractivity contribution is 6.06. The molecule has 50 heavy (non-hydrogen) atoms. The fraction of sp³-hybridized carbons (Fsp3) is 0.432. The first-order valence-corrected chi connectivity index (χ1v) is 17.3. The van der Waals surface area contributed by atoms with Crippen LogP contribution in [0.1, 0.15) is 54.0 Å². The Labute approximate surface area is 292 Å². The van der Waals surface area contributed by atoms with Gasteiger partial charge in [-0.25, -0.2) is 9.97 Å². The highest BCUT2D eigenvalue weighted by Crippen LogP contribution is 2.34. The molecule has 2 aliphatic heterocycles. The van der Waals surface area contributed by atoms with Gasteiger partial charge < -0.3 is 29.2 Å². The van der Waals surface area contributed by atoms with Gasteiger partial charge in [0.2, 0.25) is 0 Å². The molecule has 13 heteroatoms. The van der Waals surface area contributed by atoms with Gasteiger partial charge in [-0.3, -0.25) is 24.2 Å². The topological polar surface area (TPSA) is 138 Å². The molecule has 2 aliphatic rings. The number of aliphatic hydroxyl groups is 1. The number of ether oxygens (including phenoxy) is 1. The number of β-amino-alcohol motifs (C(OH)–C–C–N with tert-alkyl or cyclic N) is 1. The average Bonchev–Trinajstić information content (AvgIpc) is 3.44. The van der Waals surface area contributed by atoms with Crippen LogP contribution in [0.5, 0.6) is 0 Å². The molecule has 0 bridgehead atoms. The number of esters is 1. The van der Waals surface area contributed by atoms with E-state index in [0.29, 0.717) is 59.3 Å². The molecule has 13 nitrogen and oxygen atoms in total. The van der Waals surface area contributed by atoms with Crippen molar-refractivity contribution in [3.8, 4) is 11.1 Å². The molecule has 1 fully saturated rings. The number of nitrogens with one attached hydrogen (secondary N) is 1. The molecule has 6 rings (SSSR count). The van der Waals surface area contributed by atoms with E-state index in [1.807, 2.05) is 24.3 Å². The predicted molar refractivity (Wildman–Crippen MR) is 193 cm³/mol.